The molecule has 3 aliphatic heterocycles. The molecule has 6 rings (SSSR count). The van der Waals surface area contributed by atoms with Gasteiger partial charge >= 0.3 is 0 Å². The summed E-state index contributed by atoms with van der Waals surface area (Å²) in [6.45, 7) is 5.14. The number of rotatable bonds is 5. The number of halogens is 1. The molecule has 0 amide bonds. The van der Waals surface area contributed by atoms with Gasteiger partial charge in [0.2, 0.25) is 0 Å². The number of hydrazone groups is 1. The van der Waals surface area contributed by atoms with Crippen LogP contribution >= 0.6 is 0 Å². The van der Waals surface area contributed by atoms with Gasteiger partial charge in [-0.3, -0.25) is 0 Å². The van der Waals surface area contributed by atoms with Crippen LogP contribution < -0.4 is 10.2 Å². The summed E-state index contributed by atoms with van der Waals surface area (Å²) in [5.41, 5.74) is 7.64. The van der Waals surface area contributed by atoms with Crippen LogP contribution in [0.2, 0.25) is 0 Å². The maximum Gasteiger partial charge on any atom is 0.143 e. The molecule has 0 bridgehead atoms. The van der Waals surface area contributed by atoms with Gasteiger partial charge in [0.15, 0.2) is 0 Å². The van der Waals surface area contributed by atoms with Crippen LogP contribution in [0.3, 0.4) is 0 Å². The minimum absolute atomic E-state index is 0.116. The van der Waals surface area contributed by atoms with Crippen molar-refractivity contribution < 1.29 is 13.9 Å². The third-order valence-corrected chi connectivity index (χ3v) is 7.49. The highest BCUT2D eigenvalue weighted by atomic mass is 19.1. The van der Waals surface area contributed by atoms with Gasteiger partial charge in [-0.2, -0.15) is 5.10 Å². The molecule has 4 heterocycles. The minimum atomic E-state index is -0.213. The first-order valence-electron chi connectivity index (χ1n) is 12.1. The Labute approximate surface area is 204 Å². The smallest absolute Gasteiger partial charge is 0.143 e. The molecule has 1 aromatic heterocycles. The van der Waals surface area contributed by atoms with Gasteiger partial charge in [-0.15, -0.1) is 0 Å². The number of fused-ring (bicyclic) bond motifs is 1. The summed E-state index contributed by atoms with van der Waals surface area (Å²) in [5, 5.41) is 4.79. The van der Waals surface area contributed by atoms with Crippen LogP contribution in [0.25, 0.3) is 5.69 Å². The van der Waals surface area contributed by atoms with Crippen molar-refractivity contribution in [1.29, 1.82) is 0 Å². The number of benzene rings is 2. The summed E-state index contributed by atoms with van der Waals surface area (Å²) in [4.78, 5) is 6.78. The van der Waals surface area contributed by atoms with Crippen molar-refractivity contribution >= 4 is 5.84 Å². The molecular weight excluding hydrogens is 445 g/mol. The molecule has 2 saturated heterocycles. The number of ether oxygens (including phenoxy) is 2. The Morgan fingerprint density at radius 1 is 1.20 bits per heavy atom. The van der Waals surface area contributed by atoms with Crippen molar-refractivity contribution in [3.05, 3.63) is 77.6 Å². The Hall–Kier alpha value is -3.39. The van der Waals surface area contributed by atoms with Gasteiger partial charge in [-0.05, 0) is 55.2 Å². The van der Waals surface area contributed by atoms with Crippen LogP contribution in [0.15, 0.2) is 60.1 Å². The first-order valence-corrected chi connectivity index (χ1v) is 12.1. The molecule has 1 spiro atoms. The predicted molar refractivity (Wildman–Crippen MR) is 131 cm³/mol. The lowest BCUT2D eigenvalue weighted by atomic mass is 9.71. The Kier molecular flexibility index (Phi) is 5.48. The number of aromatic nitrogens is 2. The van der Waals surface area contributed by atoms with E-state index in [0.29, 0.717) is 6.54 Å². The second-order valence-corrected chi connectivity index (χ2v) is 10.1. The zero-order chi connectivity index (χ0) is 24.0. The second kappa shape index (κ2) is 8.68. The molecule has 182 valence electrons. The SMILES string of the molecule is COc1cc(CC2CC3(COC3)CN3C2=NNCC3c2ccc(F)cc2)ccc1-n1cnc(C)c1. The number of aryl methyl sites for hydroxylation is 1. The number of nitrogens with one attached hydrogen (secondary N) is 1. The monoisotopic (exact) mass is 475 g/mol. The fourth-order valence-corrected chi connectivity index (χ4v) is 5.75. The van der Waals surface area contributed by atoms with Gasteiger partial charge in [0.25, 0.3) is 0 Å². The summed E-state index contributed by atoms with van der Waals surface area (Å²) < 4.78 is 27.0. The van der Waals surface area contributed by atoms with E-state index >= 15 is 0 Å². The molecule has 2 atom stereocenters. The van der Waals surface area contributed by atoms with Gasteiger partial charge < -0.3 is 24.4 Å². The number of nitrogens with zero attached hydrogens (tertiary/aromatic N) is 4. The Balaban J connectivity index is 1.30. The quantitative estimate of drug-likeness (QED) is 0.607. The number of hydrogen-bond donors (Lipinski definition) is 1. The molecule has 1 N–H and O–H groups in total. The summed E-state index contributed by atoms with van der Waals surface area (Å²) in [6, 6.07) is 13.4. The predicted octanol–water partition coefficient (Wildman–Crippen LogP) is 3.87. The van der Waals surface area contributed by atoms with Gasteiger partial charge in [-0.25, -0.2) is 9.37 Å². The van der Waals surface area contributed by atoms with Gasteiger partial charge in [0.1, 0.15) is 17.4 Å². The third-order valence-electron chi connectivity index (χ3n) is 7.49. The lowest BCUT2D eigenvalue weighted by molar-refractivity contribution is -0.140. The normalized spacial score (nSPS) is 22.7. The van der Waals surface area contributed by atoms with Crippen molar-refractivity contribution in [3.8, 4) is 11.4 Å². The van der Waals surface area contributed by atoms with E-state index in [2.05, 4.69) is 33.5 Å². The van der Waals surface area contributed by atoms with Crippen molar-refractivity contribution in [2.75, 3.05) is 33.4 Å². The highest BCUT2D eigenvalue weighted by Gasteiger charge is 2.50. The van der Waals surface area contributed by atoms with Crippen LogP contribution in [0, 0.1) is 24.1 Å². The zero-order valence-electron chi connectivity index (χ0n) is 20.1. The first kappa shape index (κ1) is 22.1. The van der Waals surface area contributed by atoms with Crippen LogP contribution in [0.1, 0.15) is 29.3 Å². The van der Waals surface area contributed by atoms with E-state index in [4.69, 9.17) is 14.6 Å². The molecule has 2 aromatic carbocycles. The molecule has 2 unspecified atom stereocenters. The van der Waals surface area contributed by atoms with Gasteiger partial charge in [0, 0.05) is 24.1 Å². The molecular formula is C27H30FN5O2. The molecule has 2 fully saturated rings. The van der Waals surface area contributed by atoms with Crippen LogP contribution in [-0.4, -0.2) is 53.7 Å². The van der Waals surface area contributed by atoms with Crippen molar-refractivity contribution in [3.63, 3.8) is 0 Å². The molecule has 8 heteroatoms. The highest BCUT2D eigenvalue weighted by Crippen LogP contribution is 2.45. The van der Waals surface area contributed by atoms with E-state index in [1.54, 1.807) is 19.2 Å². The van der Waals surface area contributed by atoms with E-state index in [1.165, 1.54) is 5.56 Å². The van der Waals surface area contributed by atoms with Crippen molar-refractivity contribution in [2.45, 2.75) is 25.8 Å². The maximum atomic E-state index is 13.6. The summed E-state index contributed by atoms with van der Waals surface area (Å²) >= 11 is 0. The van der Waals surface area contributed by atoms with E-state index in [9.17, 15) is 4.39 Å². The lowest BCUT2D eigenvalue weighted by Gasteiger charge is -2.55. The molecule has 3 aromatic rings. The van der Waals surface area contributed by atoms with E-state index in [1.807, 2.05) is 36.1 Å². The van der Waals surface area contributed by atoms with Crippen molar-refractivity contribution in [1.82, 2.24) is 19.9 Å². The molecule has 35 heavy (non-hydrogen) atoms. The van der Waals surface area contributed by atoms with Crippen LogP contribution in [0.5, 0.6) is 5.75 Å². The number of hydrogen-bond acceptors (Lipinski definition) is 6. The Morgan fingerprint density at radius 3 is 2.71 bits per heavy atom. The standard InChI is InChI=1S/C27H30FN5O2/c1-18-13-32(17-29-18)23-8-3-19(10-25(23)34-2)9-21-11-27(15-35-16-27)14-33-24(12-30-31-26(21)33)20-4-6-22(28)7-5-20/h3-8,10,13,17,21,24,30H,9,11-12,14-16H2,1-2H3. The fourth-order valence-electron chi connectivity index (χ4n) is 5.75. The summed E-state index contributed by atoms with van der Waals surface area (Å²) in [5.74, 6) is 1.93. The zero-order valence-corrected chi connectivity index (χ0v) is 20.1. The van der Waals surface area contributed by atoms with E-state index < -0.39 is 0 Å². The average Bonchev–Trinajstić information content (AvgIpc) is 3.29. The largest absolute Gasteiger partial charge is 0.495 e. The number of piperidine rings is 1. The fraction of sp³-hybridized carbons (Fsp3) is 0.407. The molecule has 3 aliphatic rings. The molecule has 0 saturated carbocycles. The van der Waals surface area contributed by atoms with Crippen LogP contribution in [0.4, 0.5) is 4.39 Å². The molecule has 0 aliphatic carbocycles. The maximum absolute atomic E-state index is 13.6. The van der Waals surface area contributed by atoms with Crippen molar-refractivity contribution in [2.24, 2.45) is 16.4 Å². The van der Waals surface area contributed by atoms with E-state index in [0.717, 1.165) is 61.1 Å². The van der Waals surface area contributed by atoms with Gasteiger partial charge in [0.05, 0.1) is 50.6 Å². The average molecular weight is 476 g/mol. The summed E-state index contributed by atoms with van der Waals surface area (Å²) in [6.07, 6.45) is 5.69. The Morgan fingerprint density at radius 2 is 2.03 bits per heavy atom. The Bertz CT molecular complexity index is 1250. The summed E-state index contributed by atoms with van der Waals surface area (Å²) in [7, 11) is 1.71. The first-order chi connectivity index (χ1) is 17.0. The van der Waals surface area contributed by atoms with Crippen LogP contribution in [-0.2, 0) is 11.2 Å². The second-order valence-electron chi connectivity index (χ2n) is 10.1. The third kappa shape index (κ3) is 4.05. The lowest BCUT2D eigenvalue weighted by Crippen LogP contribution is -2.62. The highest BCUT2D eigenvalue weighted by molar-refractivity contribution is 5.87. The number of imidazole rings is 1. The topological polar surface area (TPSA) is 63.9 Å². The molecule has 7 nitrogen and oxygen atoms in total. The van der Waals surface area contributed by atoms with E-state index in [-0.39, 0.29) is 23.2 Å². The minimum Gasteiger partial charge on any atom is -0.495 e. The van der Waals surface area contributed by atoms with Gasteiger partial charge in [-0.1, -0.05) is 18.2 Å². The number of amidine groups is 1. The number of methoxy groups -OCH3 is 1. The molecule has 0 radical (unpaired) electrons.